The number of carboxylic acid groups (broad SMARTS) is 1. The van der Waals surface area contributed by atoms with Crippen molar-refractivity contribution in [3.05, 3.63) is 59.2 Å². The van der Waals surface area contributed by atoms with Gasteiger partial charge in [0.15, 0.2) is 0 Å². The normalized spacial score (nSPS) is 17.5. The van der Waals surface area contributed by atoms with Gasteiger partial charge in [0.25, 0.3) is 0 Å². The van der Waals surface area contributed by atoms with E-state index in [9.17, 15) is 18.0 Å². The molecule has 1 amide bonds. The van der Waals surface area contributed by atoms with E-state index in [-0.39, 0.29) is 0 Å². The standard InChI is InChI=1S/C17H15F3N2O2/c18-17(19,20)13-5-3-10(4-6-13)12-2-1-11-7-8-22(16(23)24)15(21)14(11)9-12/h1-6,9,15H,7-8,21H2,(H,23,24). The van der Waals surface area contributed by atoms with Crippen LogP contribution in [-0.4, -0.2) is 22.6 Å². The molecule has 4 nitrogen and oxygen atoms in total. The first-order valence-electron chi connectivity index (χ1n) is 7.33. The van der Waals surface area contributed by atoms with E-state index in [2.05, 4.69) is 0 Å². The van der Waals surface area contributed by atoms with Crippen molar-refractivity contribution in [1.82, 2.24) is 4.90 Å². The topological polar surface area (TPSA) is 66.6 Å². The zero-order valence-electron chi connectivity index (χ0n) is 12.5. The summed E-state index contributed by atoms with van der Waals surface area (Å²) in [6, 6.07) is 10.3. The smallest absolute Gasteiger partial charge is 0.416 e. The average Bonchev–Trinajstić information content (AvgIpc) is 2.54. The fourth-order valence-corrected chi connectivity index (χ4v) is 2.89. The van der Waals surface area contributed by atoms with E-state index in [0.29, 0.717) is 29.7 Å². The molecule has 0 fully saturated rings. The van der Waals surface area contributed by atoms with Crippen LogP contribution in [0.5, 0.6) is 0 Å². The van der Waals surface area contributed by atoms with Gasteiger partial charge in [-0.15, -0.1) is 0 Å². The quantitative estimate of drug-likeness (QED) is 0.831. The summed E-state index contributed by atoms with van der Waals surface area (Å²) in [6.07, 6.45) is -5.69. The summed E-state index contributed by atoms with van der Waals surface area (Å²) in [7, 11) is 0. The average molecular weight is 336 g/mol. The highest BCUT2D eigenvalue weighted by Gasteiger charge is 2.30. The van der Waals surface area contributed by atoms with Gasteiger partial charge in [-0.25, -0.2) is 4.79 Å². The molecule has 2 aromatic carbocycles. The van der Waals surface area contributed by atoms with Crippen molar-refractivity contribution >= 4 is 6.09 Å². The number of fused-ring (bicyclic) bond motifs is 1. The van der Waals surface area contributed by atoms with Crippen molar-refractivity contribution in [3.8, 4) is 11.1 Å². The lowest BCUT2D eigenvalue weighted by Crippen LogP contribution is -2.43. The minimum absolute atomic E-state index is 0.323. The molecule has 24 heavy (non-hydrogen) atoms. The molecule has 1 aliphatic rings. The van der Waals surface area contributed by atoms with E-state index in [1.807, 2.05) is 12.1 Å². The van der Waals surface area contributed by atoms with Crippen LogP contribution in [0.1, 0.15) is 22.9 Å². The van der Waals surface area contributed by atoms with Crippen LogP contribution in [-0.2, 0) is 12.6 Å². The number of amides is 1. The second kappa shape index (κ2) is 5.83. The molecule has 7 heteroatoms. The van der Waals surface area contributed by atoms with Gasteiger partial charge in [0, 0.05) is 6.54 Å². The number of rotatable bonds is 1. The predicted molar refractivity (Wildman–Crippen MR) is 82.2 cm³/mol. The van der Waals surface area contributed by atoms with E-state index in [1.54, 1.807) is 6.07 Å². The maximum Gasteiger partial charge on any atom is 0.416 e. The number of alkyl halides is 3. The fourth-order valence-electron chi connectivity index (χ4n) is 2.89. The van der Waals surface area contributed by atoms with Crippen LogP contribution < -0.4 is 5.73 Å². The van der Waals surface area contributed by atoms with E-state index in [0.717, 1.165) is 22.6 Å². The summed E-state index contributed by atoms with van der Waals surface area (Å²) >= 11 is 0. The molecule has 126 valence electrons. The lowest BCUT2D eigenvalue weighted by Gasteiger charge is -2.33. The zero-order valence-corrected chi connectivity index (χ0v) is 12.5. The van der Waals surface area contributed by atoms with Crippen molar-refractivity contribution in [1.29, 1.82) is 0 Å². The number of nitrogens with zero attached hydrogens (tertiary/aromatic N) is 1. The molecule has 0 aliphatic carbocycles. The van der Waals surface area contributed by atoms with Crippen LogP contribution in [0, 0.1) is 0 Å². The fraction of sp³-hybridized carbons (Fsp3) is 0.235. The van der Waals surface area contributed by atoms with Crippen molar-refractivity contribution in [2.45, 2.75) is 18.8 Å². The van der Waals surface area contributed by atoms with Crippen molar-refractivity contribution in [2.75, 3.05) is 6.54 Å². The number of benzene rings is 2. The first kappa shape index (κ1) is 16.3. The maximum absolute atomic E-state index is 12.6. The second-order valence-corrected chi connectivity index (χ2v) is 5.66. The van der Waals surface area contributed by atoms with Crippen LogP contribution in [0.15, 0.2) is 42.5 Å². The highest BCUT2D eigenvalue weighted by molar-refractivity contribution is 5.69. The van der Waals surface area contributed by atoms with Crippen molar-refractivity contribution in [2.24, 2.45) is 5.73 Å². The lowest BCUT2D eigenvalue weighted by molar-refractivity contribution is -0.137. The van der Waals surface area contributed by atoms with E-state index in [4.69, 9.17) is 10.8 Å². The van der Waals surface area contributed by atoms with Crippen LogP contribution in [0.2, 0.25) is 0 Å². The Bertz CT molecular complexity index is 772. The minimum Gasteiger partial charge on any atom is -0.465 e. The third-order valence-corrected chi connectivity index (χ3v) is 4.21. The molecule has 0 radical (unpaired) electrons. The Morgan fingerprint density at radius 2 is 1.75 bits per heavy atom. The molecule has 1 heterocycles. The molecule has 0 aromatic heterocycles. The highest BCUT2D eigenvalue weighted by Crippen LogP contribution is 2.33. The summed E-state index contributed by atoms with van der Waals surface area (Å²) in [5, 5.41) is 9.17. The maximum atomic E-state index is 12.6. The minimum atomic E-state index is -4.38. The number of halogens is 3. The van der Waals surface area contributed by atoms with Gasteiger partial charge in [0.2, 0.25) is 0 Å². The molecule has 3 N–H and O–H groups in total. The Morgan fingerprint density at radius 3 is 2.33 bits per heavy atom. The first-order chi connectivity index (χ1) is 11.3. The van der Waals surface area contributed by atoms with Crippen LogP contribution in [0.25, 0.3) is 11.1 Å². The molecule has 1 aliphatic heterocycles. The molecule has 0 bridgehead atoms. The molecule has 0 saturated carbocycles. The SMILES string of the molecule is NC1c2cc(-c3ccc(C(F)(F)F)cc3)ccc2CCN1C(=O)O. The Morgan fingerprint density at radius 1 is 1.12 bits per heavy atom. The molecule has 0 saturated heterocycles. The number of hydrogen-bond acceptors (Lipinski definition) is 2. The van der Waals surface area contributed by atoms with Gasteiger partial charge in [-0.05, 0) is 46.9 Å². The third kappa shape index (κ3) is 2.94. The van der Waals surface area contributed by atoms with Gasteiger partial charge in [-0.2, -0.15) is 13.2 Å². The van der Waals surface area contributed by atoms with Gasteiger partial charge < -0.3 is 10.8 Å². The Labute approximate surface area is 136 Å². The molecule has 2 aromatic rings. The van der Waals surface area contributed by atoms with Crippen LogP contribution in [0.4, 0.5) is 18.0 Å². The van der Waals surface area contributed by atoms with Crippen molar-refractivity contribution in [3.63, 3.8) is 0 Å². The van der Waals surface area contributed by atoms with Crippen LogP contribution >= 0.6 is 0 Å². The van der Waals surface area contributed by atoms with E-state index in [1.165, 1.54) is 12.1 Å². The summed E-state index contributed by atoms with van der Waals surface area (Å²) in [5.74, 6) is 0. The number of nitrogens with two attached hydrogens (primary N) is 1. The van der Waals surface area contributed by atoms with E-state index >= 15 is 0 Å². The first-order valence-corrected chi connectivity index (χ1v) is 7.33. The molecular formula is C17H15F3N2O2. The van der Waals surface area contributed by atoms with Gasteiger partial charge in [0.05, 0.1) is 5.56 Å². The number of carbonyl (C=O) groups is 1. The van der Waals surface area contributed by atoms with Gasteiger partial charge >= 0.3 is 12.3 Å². The van der Waals surface area contributed by atoms with Gasteiger partial charge in [-0.3, -0.25) is 4.90 Å². The monoisotopic (exact) mass is 336 g/mol. The summed E-state index contributed by atoms with van der Waals surface area (Å²) in [5.41, 5.74) is 8.26. The lowest BCUT2D eigenvalue weighted by atomic mass is 9.92. The summed E-state index contributed by atoms with van der Waals surface area (Å²) < 4.78 is 37.9. The Balaban J connectivity index is 1.95. The number of hydrogen-bond donors (Lipinski definition) is 2. The molecule has 0 spiro atoms. The Kier molecular flexibility index (Phi) is 3.96. The third-order valence-electron chi connectivity index (χ3n) is 4.21. The summed E-state index contributed by atoms with van der Waals surface area (Å²) in [4.78, 5) is 12.4. The van der Waals surface area contributed by atoms with Gasteiger partial charge in [0.1, 0.15) is 6.17 Å². The highest BCUT2D eigenvalue weighted by atomic mass is 19.4. The molecule has 1 unspecified atom stereocenters. The summed E-state index contributed by atoms with van der Waals surface area (Å²) in [6.45, 7) is 0.323. The zero-order chi connectivity index (χ0) is 17.5. The molecular weight excluding hydrogens is 321 g/mol. The molecule has 1 atom stereocenters. The van der Waals surface area contributed by atoms with Gasteiger partial charge in [-0.1, -0.05) is 24.3 Å². The van der Waals surface area contributed by atoms with Crippen LogP contribution in [0.3, 0.4) is 0 Å². The Hall–Kier alpha value is -2.54. The largest absolute Gasteiger partial charge is 0.465 e. The predicted octanol–water partition coefficient (Wildman–Crippen LogP) is 3.87. The second-order valence-electron chi connectivity index (χ2n) is 5.66. The van der Waals surface area contributed by atoms with E-state index < -0.39 is 24.0 Å². The van der Waals surface area contributed by atoms with Crippen molar-refractivity contribution < 1.29 is 23.1 Å². The molecule has 3 rings (SSSR count).